The van der Waals surface area contributed by atoms with Crippen molar-refractivity contribution < 1.29 is 9.53 Å². The van der Waals surface area contributed by atoms with Crippen molar-refractivity contribution in [2.75, 3.05) is 17.2 Å². The van der Waals surface area contributed by atoms with E-state index in [0.29, 0.717) is 47.7 Å². The molecule has 5 aliphatic carbocycles. The van der Waals surface area contributed by atoms with E-state index in [2.05, 4.69) is 27.0 Å². The van der Waals surface area contributed by atoms with Crippen LogP contribution in [0.3, 0.4) is 0 Å². The van der Waals surface area contributed by atoms with Crippen LogP contribution in [0.1, 0.15) is 75.3 Å². The second kappa shape index (κ2) is 10.8. The topological polar surface area (TPSA) is 112 Å². The Bertz CT molecular complexity index is 1160. The number of nitrogens with zero attached hydrogens (tertiary/aromatic N) is 3. The predicted molar refractivity (Wildman–Crippen MR) is 145 cm³/mol. The van der Waals surface area contributed by atoms with Crippen LogP contribution in [0.4, 0.5) is 16.6 Å². The number of nitriles is 1. The second-order valence-electron chi connectivity index (χ2n) is 12.1. The third-order valence-electron chi connectivity index (χ3n) is 9.38. The lowest BCUT2D eigenvalue weighted by atomic mass is 9.48. The maximum absolute atomic E-state index is 12.6. The highest BCUT2D eigenvalue weighted by Gasteiger charge is 2.55. The van der Waals surface area contributed by atoms with E-state index in [1.807, 2.05) is 30.3 Å². The molecule has 5 atom stereocenters. The summed E-state index contributed by atoms with van der Waals surface area (Å²) < 4.78 is 5.54. The molecule has 0 radical (unpaired) electrons. The van der Waals surface area contributed by atoms with Crippen molar-refractivity contribution >= 4 is 17.9 Å². The summed E-state index contributed by atoms with van der Waals surface area (Å²) in [6.07, 6.45) is 13.1. The van der Waals surface area contributed by atoms with E-state index >= 15 is 0 Å². The number of anilines is 2. The van der Waals surface area contributed by atoms with Gasteiger partial charge in [-0.25, -0.2) is 9.78 Å². The zero-order valence-corrected chi connectivity index (χ0v) is 22.0. The number of nitrogens with one attached hydrogen (secondary N) is 3. The average molecular weight is 515 g/mol. The lowest BCUT2D eigenvalue weighted by Crippen LogP contribution is -2.60. The van der Waals surface area contributed by atoms with Crippen LogP contribution in [0.25, 0.3) is 0 Å². The quantitative estimate of drug-likeness (QED) is 0.419. The molecule has 4 bridgehead atoms. The smallest absolute Gasteiger partial charge is 0.407 e. The SMILES string of the molecule is N#Cc1cnc(NC2CCCCC2)nc1NCC12CC3C[C@H](C1)C(NC(=O)OCc1ccccc1)[C@@H](C3)C2. The Morgan fingerprint density at radius 1 is 1.08 bits per heavy atom. The highest BCUT2D eigenvalue weighted by atomic mass is 16.5. The van der Waals surface area contributed by atoms with Gasteiger partial charge in [-0.1, -0.05) is 49.6 Å². The number of hydrogen-bond donors (Lipinski definition) is 3. The summed E-state index contributed by atoms with van der Waals surface area (Å²) in [6, 6.07) is 12.7. The standard InChI is InChI=1S/C30H38N6O2/c31-16-24-17-32-28(34-25-9-5-2-6-10-25)36-27(24)33-19-30-13-21-11-22(14-30)26(23(12-21)15-30)35-29(37)38-18-20-7-3-1-4-8-20/h1,3-4,7-8,17,21-23,25-26H,2,5-6,9-15,18-19H2,(H,35,37)(H2,32,33,34,36)/t21?,22-,23+,26?,30?. The fraction of sp³-hybridized carbons (Fsp3) is 0.600. The second-order valence-corrected chi connectivity index (χ2v) is 12.1. The number of rotatable bonds is 8. The van der Waals surface area contributed by atoms with E-state index in [1.165, 1.54) is 38.5 Å². The molecule has 8 nitrogen and oxygen atoms in total. The summed E-state index contributed by atoms with van der Waals surface area (Å²) in [4.78, 5) is 21.8. The molecular weight excluding hydrogens is 476 g/mol. The molecule has 3 N–H and O–H groups in total. The predicted octanol–water partition coefficient (Wildman–Crippen LogP) is 5.63. The molecule has 0 spiro atoms. The van der Waals surface area contributed by atoms with Gasteiger partial charge in [-0.2, -0.15) is 10.2 Å². The number of carbonyl (C=O) groups excluding carboxylic acids is 1. The van der Waals surface area contributed by atoms with E-state index < -0.39 is 0 Å². The van der Waals surface area contributed by atoms with Crippen LogP contribution in [0.5, 0.6) is 0 Å². The molecule has 1 amide bonds. The van der Waals surface area contributed by atoms with Crippen molar-refractivity contribution in [2.45, 2.75) is 82.9 Å². The molecule has 8 heteroatoms. The van der Waals surface area contributed by atoms with E-state index in [0.717, 1.165) is 37.8 Å². The first kappa shape index (κ1) is 25.0. The molecule has 1 aromatic heterocycles. The average Bonchev–Trinajstić information content (AvgIpc) is 2.94. The molecular formula is C30H38N6O2. The van der Waals surface area contributed by atoms with Gasteiger partial charge in [0.25, 0.3) is 0 Å². The maximum atomic E-state index is 12.6. The Morgan fingerprint density at radius 3 is 2.58 bits per heavy atom. The van der Waals surface area contributed by atoms with Crippen LogP contribution < -0.4 is 16.0 Å². The molecule has 0 aliphatic heterocycles. The summed E-state index contributed by atoms with van der Waals surface area (Å²) >= 11 is 0. The summed E-state index contributed by atoms with van der Waals surface area (Å²) in [5.74, 6) is 2.89. The Kier molecular flexibility index (Phi) is 7.10. The highest BCUT2D eigenvalue weighted by Crippen LogP contribution is 2.60. The van der Waals surface area contributed by atoms with Crippen LogP contribution >= 0.6 is 0 Å². The molecule has 2 aromatic rings. The molecule has 5 saturated carbocycles. The fourth-order valence-electron chi connectivity index (χ4n) is 7.91. The van der Waals surface area contributed by atoms with Gasteiger partial charge in [0.05, 0.1) is 6.20 Å². The van der Waals surface area contributed by atoms with Crippen molar-refractivity contribution in [3.05, 3.63) is 47.7 Å². The van der Waals surface area contributed by atoms with Crippen LogP contribution in [-0.4, -0.2) is 34.7 Å². The van der Waals surface area contributed by atoms with Crippen molar-refractivity contribution in [1.29, 1.82) is 5.26 Å². The van der Waals surface area contributed by atoms with E-state index in [9.17, 15) is 10.1 Å². The third-order valence-corrected chi connectivity index (χ3v) is 9.38. The summed E-state index contributed by atoms with van der Waals surface area (Å²) in [5, 5.41) is 20.0. The normalized spacial score (nSPS) is 29.9. The number of aromatic nitrogens is 2. The molecule has 1 heterocycles. The summed E-state index contributed by atoms with van der Waals surface area (Å²) in [6.45, 7) is 1.10. The van der Waals surface area contributed by atoms with Crippen LogP contribution in [0, 0.1) is 34.5 Å². The number of hydrogen-bond acceptors (Lipinski definition) is 7. The third kappa shape index (κ3) is 5.43. The molecule has 200 valence electrons. The van der Waals surface area contributed by atoms with Gasteiger partial charge in [0, 0.05) is 18.6 Å². The molecule has 0 saturated heterocycles. The Hall–Kier alpha value is -3.34. The van der Waals surface area contributed by atoms with Crippen LogP contribution in [-0.2, 0) is 11.3 Å². The van der Waals surface area contributed by atoms with Crippen molar-refractivity contribution in [3.8, 4) is 6.07 Å². The minimum atomic E-state index is -0.309. The number of benzene rings is 1. The first-order valence-corrected chi connectivity index (χ1v) is 14.3. The van der Waals surface area contributed by atoms with Gasteiger partial charge in [0.1, 0.15) is 24.1 Å². The lowest BCUT2D eigenvalue weighted by molar-refractivity contribution is -0.0683. The highest BCUT2D eigenvalue weighted by molar-refractivity contribution is 5.67. The Morgan fingerprint density at radius 2 is 1.84 bits per heavy atom. The number of alkyl carbamates (subject to hydrolysis) is 1. The van der Waals surface area contributed by atoms with E-state index in [-0.39, 0.29) is 17.6 Å². The van der Waals surface area contributed by atoms with Gasteiger partial charge in [-0.3, -0.25) is 0 Å². The van der Waals surface area contributed by atoms with Gasteiger partial charge < -0.3 is 20.7 Å². The number of ether oxygens (including phenoxy) is 1. The summed E-state index contributed by atoms with van der Waals surface area (Å²) in [5.41, 5.74) is 1.66. The minimum absolute atomic E-state index is 0.178. The number of amides is 1. The molecule has 5 fully saturated rings. The monoisotopic (exact) mass is 514 g/mol. The van der Waals surface area contributed by atoms with Gasteiger partial charge >= 0.3 is 6.09 Å². The first-order valence-electron chi connectivity index (χ1n) is 14.3. The fourth-order valence-corrected chi connectivity index (χ4v) is 7.91. The molecule has 3 unspecified atom stereocenters. The van der Waals surface area contributed by atoms with Gasteiger partial charge in [-0.15, -0.1) is 0 Å². The molecule has 7 rings (SSSR count). The summed E-state index contributed by atoms with van der Waals surface area (Å²) in [7, 11) is 0. The van der Waals surface area contributed by atoms with Crippen molar-refractivity contribution in [2.24, 2.45) is 23.2 Å². The van der Waals surface area contributed by atoms with Gasteiger partial charge in [0.15, 0.2) is 0 Å². The van der Waals surface area contributed by atoms with E-state index in [4.69, 9.17) is 9.72 Å². The van der Waals surface area contributed by atoms with Crippen molar-refractivity contribution in [3.63, 3.8) is 0 Å². The first-order chi connectivity index (χ1) is 18.6. The molecule has 1 aromatic carbocycles. The lowest BCUT2D eigenvalue weighted by Gasteiger charge is -2.60. The van der Waals surface area contributed by atoms with Crippen molar-refractivity contribution in [1.82, 2.24) is 15.3 Å². The van der Waals surface area contributed by atoms with Gasteiger partial charge in [-0.05, 0) is 73.7 Å². The largest absolute Gasteiger partial charge is 0.445 e. The molecule has 38 heavy (non-hydrogen) atoms. The van der Waals surface area contributed by atoms with E-state index in [1.54, 1.807) is 6.20 Å². The minimum Gasteiger partial charge on any atom is -0.445 e. The zero-order valence-electron chi connectivity index (χ0n) is 22.0. The molecule has 5 aliphatic rings. The maximum Gasteiger partial charge on any atom is 0.407 e. The Labute approximate surface area is 225 Å². The van der Waals surface area contributed by atoms with Crippen LogP contribution in [0.15, 0.2) is 36.5 Å². The zero-order chi connectivity index (χ0) is 26.0. The van der Waals surface area contributed by atoms with Crippen LogP contribution in [0.2, 0.25) is 0 Å². The van der Waals surface area contributed by atoms with Gasteiger partial charge in [0.2, 0.25) is 5.95 Å². The number of carbonyl (C=O) groups is 1. The Balaban J connectivity index is 1.07.